The average molecular weight is 492 g/mol. The van der Waals surface area contributed by atoms with E-state index >= 15 is 0 Å². The Bertz CT molecular complexity index is 1360. The van der Waals surface area contributed by atoms with Gasteiger partial charge in [-0.2, -0.15) is 5.10 Å². The molecule has 0 radical (unpaired) electrons. The number of fused-ring (bicyclic) bond motifs is 1. The maximum absolute atomic E-state index is 14.2. The second kappa shape index (κ2) is 10.3. The first-order valence-electron chi connectivity index (χ1n) is 12.5. The first-order chi connectivity index (χ1) is 17.4. The lowest BCUT2D eigenvalue weighted by atomic mass is 10.1. The van der Waals surface area contributed by atoms with Crippen molar-refractivity contribution in [1.29, 1.82) is 0 Å². The Hall–Kier alpha value is -3.46. The van der Waals surface area contributed by atoms with Crippen molar-refractivity contribution in [1.82, 2.24) is 29.6 Å². The van der Waals surface area contributed by atoms with Crippen molar-refractivity contribution < 1.29 is 8.78 Å². The van der Waals surface area contributed by atoms with E-state index in [0.717, 1.165) is 79.0 Å². The first-order valence-corrected chi connectivity index (χ1v) is 12.5. The number of nitrogens with zero attached hydrogens (tertiary/aromatic N) is 7. The summed E-state index contributed by atoms with van der Waals surface area (Å²) in [5, 5.41) is 4.44. The zero-order chi connectivity index (χ0) is 25.2. The van der Waals surface area contributed by atoms with Gasteiger partial charge in [-0.1, -0.05) is 19.9 Å². The minimum absolute atomic E-state index is 0.448. The van der Waals surface area contributed by atoms with Crippen LogP contribution in [0.1, 0.15) is 32.0 Å². The fourth-order valence-electron chi connectivity index (χ4n) is 4.60. The number of hydrogen-bond donors (Lipinski definition) is 0. The molecule has 1 aliphatic rings. The summed E-state index contributed by atoms with van der Waals surface area (Å²) in [5.41, 5.74) is 4.82. The van der Waals surface area contributed by atoms with Crippen LogP contribution in [0.4, 0.5) is 14.6 Å². The number of rotatable bonds is 7. The molecule has 4 aromatic rings. The third-order valence-electron chi connectivity index (χ3n) is 6.52. The standard InChI is InChI=1S/C27H31F2N7/c1-4-36-17-20(14-31-36)26-27(33-24-13-22(11-18(2)3)30-15-25(24)32-26)35-9-7-34(8-10-35)16-19-5-6-21(28)12-23(19)29/h5-6,12-15,17-18H,4,7-11,16H2,1-3H3. The van der Waals surface area contributed by atoms with E-state index in [4.69, 9.17) is 9.97 Å². The van der Waals surface area contributed by atoms with Gasteiger partial charge in [-0.25, -0.2) is 18.7 Å². The van der Waals surface area contributed by atoms with E-state index < -0.39 is 11.6 Å². The van der Waals surface area contributed by atoms with Gasteiger partial charge in [0.05, 0.1) is 17.9 Å². The maximum atomic E-state index is 14.2. The predicted molar refractivity (Wildman–Crippen MR) is 137 cm³/mol. The predicted octanol–water partition coefficient (Wildman–Crippen LogP) is 4.71. The number of aromatic nitrogens is 5. The van der Waals surface area contributed by atoms with Crippen LogP contribution in [0.5, 0.6) is 0 Å². The Labute approximate surface area is 209 Å². The van der Waals surface area contributed by atoms with Crippen LogP contribution in [0.15, 0.2) is 42.9 Å². The molecule has 0 spiro atoms. The molecule has 0 bridgehead atoms. The highest BCUT2D eigenvalue weighted by molar-refractivity contribution is 5.83. The quantitative estimate of drug-likeness (QED) is 0.373. The van der Waals surface area contributed by atoms with E-state index in [9.17, 15) is 8.78 Å². The summed E-state index contributed by atoms with van der Waals surface area (Å²) in [7, 11) is 0. The molecule has 5 rings (SSSR count). The topological polar surface area (TPSA) is 63.0 Å². The van der Waals surface area contributed by atoms with Crippen molar-refractivity contribution >= 4 is 16.9 Å². The second-order valence-corrected chi connectivity index (χ2v) is 9.74. The van der Waals surface area contributed by atoms with Crippen LogP contribution in [0.3, 0.4) is 0 Å². The zero-order valence-electron chi connectivity index (χ0n) is 21.0. The molecule has 0 unspecified atom stereocenters. The van der Waals surface area contributed by atoms with E-state index in [1.165, 1.54) is 12.1 Å². The lowest BCUT2D eigenvalue weighted by molar-refractivity contribution is 0.246. The third kappa shape index (κ3) is 5.21. The summed E-state index contributed by atoms with van der Waals surface area (Å²) in [5.74, 6) is 0.272. The van der Waals surface area contributed by atoms with Gasteiger partial charge in [0.25, 0.3) is 0 Å². The van der Waals surface area contributed by atoms with Crippen LogP contribution in [-0.2, 0) is 19.5 Å². The molecule has 1 aromatic carbocycles. The minimum atomic E-state index is -0.554. The van der Waals surface area contributed by atoms with Gasteiger partial charge in [0.1, 0.15) is 22.8 Å². The van der Waals surface area contributed by atoms with Gasteiger partial charge < -0.3 is 4.90 Å². The van der Waals surface area contributed by atoms with Crippen LogP contribution >= 0.6 is 0 Å². The van der Waals surface area contributed by atoms with Crippen molar-refractivity contribution in [2.45, 2.75) is 40.3 Å². The van der Waals surface area contributed by atoms with Crippen molar-refractivity contribution in [3.63, 3.8) is 0 Å². The van der Waals surface area contributed by atoms with E-state index in [1.807, 2.05) is 36.3 Å². The fraction of sp³-hybridized carbons (Fsp3) is 0.407. The molecule has 7 nitrogen and oxygen atoms in total. The second-order valence-electron chi connectivity index (χ2n) is 9.74. The molecule has 0 N–H and O–H groups in total. The highest BCUT2D eigenvalue weighted by atomic mass is 19.1. The van der Waals surface area contributed by atoms with Crippen LogP contribution in [0.2, 0.25) is 0 Å². The first kappa shape index (κ1) is 24.2. The lowest BCUT2D eigenvalue weighted by Crippen LogP contribution is -2.46. The maximum Gasteiger partial charge on any atom is 0.156 e. The average Bonchev–Trinajstić information content (AvgIpc) is 3.34. The Morgan fingerprint density at radius 1 is 0.972 bits per heavy atom. The number of anilines is 1. The van der Waals surface area contributed by atoms with Gasteiger partial charge in [0.15, 0.2) is 5.82 Å². The van der Waals surface area contributed by atoms with E-state index in [0.29, 0.717) is 18.0 Å². The molecule has 0 aliphatic carbocycles. The molecule has 0 amide bonds. The van der Waals surface area contributed by atoms with Gasteiger partial charge in [0, 0.05) is 68.4 Å². The Balaban J connectivity index is 1.43. The number of hydrogen-bond acceptors (Lipinski definition) is 6. The summed E-state index contributed by atoms with van der Waals surface area (Å²) in [6.45, 7) is 10.5. The summed E-state index contributed by atoms with van der Waals surface area (Å²) in [4.78, 5) is 19.1. The normalized spacial score (nSPS) is 14.8. The molecule has 1 aliphatic heterocycles. The monoisotopic (exact) mass is 491 g/mol. The molecular weight excluding hydrogens is 460 g/mol. The van der Waals surface area contributed by atoms with Gasteiger partial charge in [-0.05, 0) is 31.4 Å². The highest BCUT2D eigenvalue weighted by Crippen LogP contribution is 2.30. The van der Waals surface area contributed by atoms with Crippen molar-refractivity contribution in [3.8, 4) is 11.3 Å². The number of aryl methyl sites for hydroxylation is 1. The molecule has 3 aromatic heterocycles. The lowest BCUT2D eigenvalue weighted by Gasteiger charge is -2.36. The van der Waals surface area contributed by atoms with E-state index in [1.54, 1.807) is 0 Å². The minimum Gasteiger partial charge on any atom is -0.352 e. The van der Waals surface area contributed by atoms with Crippen LogP contribution in [0, 0.1) is 17.6 Å². The van der Waals surface area contributed by atoms with Crippen molar-refractivity contribution in [2.24, 2.45) is 5.92 Å². The zero-order valence-corrected chi connectivity index (χ0v) is 21.0. The third-order valence-corrected chi connectivity index (χ3v) is 6.52. The van der Waals surface area contributed by atoms with Gasteiger partial charge >= 0.3 is 0 Å². The van der Waals surface area contributed by atoms with E-state index in [2.05, 4.69) is 33.7 Å². The molecule has 4 heterocycles. The number of benzene rings is 1. The molecule has 1 saturated heterocycles. The number of halogens is 2. The fourth-order valence-corrected chi connectivity index (χ4v) is 4.60. The summed E-state index contributed by atoms with van der Waals surface area (Å²) >= 11 is 0. The van der Waals surface area contributed by atoms with Gasteiger partial charge in [0.2, 0.25) is 0 Å². The van der Waals surface area contributed by atoms with Crippen molar-refractivity contribution in [3.05, 3.63) is 65.7 Å². The Morgan fingerprint density at radius 3 is 2.47 bits per heavy atom. The molecule has 1 fully saturated rings. The molecule has 188 valence electrons. The van der Waals surface area contributed by atoms with Crippen LogP contribution < -0.4 is 4.90 Å². The number of pyridine rings is 1. The highest BCUT2D eigenvalue weighted by Gasteiger charge is 2.24. The summed E-state index contributed by atoms with van der Waals surface area (Å²) < 4.78 is 29.3. The van der Waals surface area contributed by atoms with Crippen LogP contribution in [-0.4, -0.2) is 55.8 Å². The molecule has 0 atom stereocenters. The Morgan fingerprint density at radius 2 is 1.78 bits per heavy atom. The SMILES string of the molecule is CCn1cc(-c2nc3cnc(CC(C)C)cc3nc2N2CCN(Cc3ccc(F)cc3F)CC2)cn1. The smallest absolute Gasteiger partial charge is 0.156 e. The summed E-state index contributed by atoms with van der Waals surface area (Å²) in [6, 6.07) is 5.82. The Kier molecular flexibility index (Phi) is 6.91. The van der Waals surface area contributed by atoms with Gasteiger partial charge in [-0.15, -0.1) is 0 Å². The molecule has 0 saturated carbocycles. The summed E-state index contributed by atoms with van der Waals surface area (Å²) in [6.07, 6.45) is 6.52. The van der Waals surface area contributed by atoms with E-state index in [-0.39, 0.29) is 0 Å². The number of piperazine rings is 1. The van der Waals surface area contributed by atoms with Crippen molar-refractivity contribution in [2.75, 3.05) is 31.1 Å². The van der Waals surface area contributed by atoms with Crippen LogP contribution in [0.25, 0.3) is 22.3 Å². The largest absolute Gasteiger partial charge is 0.352 e. The van der Waals surface area contributed by atoms with Gasteiger partial charge in [-0.3, -0.25) is 14.6 Å². The molecule has 9 heteroatoms. The molecule has 36 heavy (non-hydrogen) atoms. The molecular formula is C27H31F2N7.